The first-order chi connectivity index (χ1) is 14.5. The molecule has 2 N–H and O–H groups in total. The Balaban J connectivity index is 1.54. The summed E-state index contributed by atoms with van der Waals surface area (Å²) in [5.74, 6) is -2.25. The van der Waals surface area contributed by atoms with Crippen LogP contribution < -0.4 is 15.5 Å². The maximum Gasteiger partial charge on any atom is 0.250 e. The Morgan fingerprint density at radius 3 is 2.47 bits per heavy atom. The van der Waals surface area contributed by atoms with E-state index >= 15 is 0 Å². The van der Waals surface area contributed by atoms with Crippen molar-refractivity contribution >= 4 is 39.9 Å². The number of rotatable bonds is 1. The highest BCUT2D eigenvalue weighted by atomic mass is 16.2. The molecule has 2 saturated heterocycles. The maximum atomic E-state index is 13.8. The molecule has 3 aliphatic heterocycles. The third-order valence-electron chi connectivity index (χ3n) is 6.78. The van der Waals surface area contributed by atoms with Gasteiger partial charge in [0.25, 0.3) is 0 Å². The zero-order valence-corrected chi connectivity index (χ0v) is 16.3. The van der Waals surface area contributed by atoms with Crippen molar-refractivity contribution in [2.24, 2.45) is 11.8 Å². The highest BCUT2D eigenvalue weighted by Gasteiger charge is 2.69. The van der Waals surface area contributed by atoms with Crippen LogP contribution in [0.25, 0.3) is 10.8 Å². The highest BCUT2D eigenvalue weighted by Crippen LogP contribution is 2.53. The molecule has 0 radical (unpaired) electrons. The zero-order chi connectivity index (χ0) is 20.6. The van der Waals surface area contributed by atoms with Crippen molar-refractivity contribution in [1.29, 1.82) is 0 Å². The number of amides is 3. The van der Waals surface area contributed by atoms with Crippen LogP contribution in [0.15, 0.2) is 66.7 Å². The Morgan fingerprint density at radius 1 is 0.867 bits per heavy atom. The van der Waals surface area contributed by atoms with Crippen molar-refractivity contribution in [3.63, 3.8) is 0 Å². The number of fused-ring (bicyclic) bond motifs is 5. The van der Waals surface area contributed by atoms with Crippen molar-refractivity contribution in [3.8, 4) is 0 Å². The molecule has 6 nitrogen and oxygen atoms in total. The monoisotopic (exact) mass is 397 g/mol. The average molecular weight is 397 g/mol. The molecule has 30 heavy (non-hydrogen) atoms. The number of imide groups is 1. The van der Waals surface area contributed by atoms with E-state index in [0.29, 0.717) is 11.4 Å². The summed E-state index contributed by atoms with van der Waals surface area (Å²) in [4.78, 5) is 41.8. The Hall–Kier alpha value is -3.51. The van der Waals surface area contributed by atoms with Gasteiger partial charge in [0.05, 0.1) is 17.5 Å². The molecule has 2 fully saturated rings. The van der Waals surface area contributed by atoms with Crippen LogP contribution in [0.4, 0.5) is 11.4 Å². The highest BCUT2D eigenvalue weighted by molar-refractivity contribution is 6.27. The van der Waals surface area contributed by atoms with Gasteiger partial charge in [-0.15, -0.1) is 0 Å². The Labute approximate surface area is 172 Å². The van der Waals surface area contributed by atoms with E-state index in [9.17, 15) is 14.4 Å². The third kappa shape index (κ3) is 1.94. The summed E-state index contributed by atoms with van der Waals surface area (Å²) in [5, 5.41) is 8.02. The lowest BCUT2D eigenvalue weighted by atomic mass is 9.76. The van der Waals surface area contributed by atoms with E-state index < -0.39 is 17.4 Å². The second-order valence-corrected chi connectivity index (χ2v) is 8.25. The molecule has 0 bridgehead atoms. The molecule has 1 spiro atoms. The van der Waals surface area contributed by atoms with Crippen molar-refractivity contribution in [3.05, 3.63) is 72.3 Å². The molecule has 0 unspecified atom stereocenters. The van der Waals surface area contributed by atoms with Crippen molar-refractivity contribution in [2.45, 2.75) is 18.5 Å². The van der Waals surface area contributed by atoms with Gasteiger partial charge in [0.1, 0.15) is 5.54 Å². The molecular weight excluding hydrogens is 378 g/mol. The smallest absolute Gasteiger partial charge is 0.250 e. The van der Waals surface area contributed by atoms with Gasteiger partial charge in [-0.05, 0) is 24.4 Å². The molecule has 0 aliphatic carbocycles. The fourth-order valence-electron chi connectivity index (χ4n) is 5.56. The number of nitrogens with zero attached hydrogens (tertiary/aromatic N) is 1. The van der Waals surface area contributed by atoms with Gasteiger partial charge in [-0.25, -0.2) is 4.90 Å². The van der Waals surface area contributed by atoms with Crippen molar-refractivity contribution in [2.75, 3.05) is 10.2 Å². The molecule has 3 heterocycles. The number of anilines is 2. The van der Waals surface area contributed by atoms with Gasteiger partial charge in [-0.2, -0.15) is 0 Å². The quantitative estimate of drug-likeness (QED) is 0.619. The van der Waals surface area contributed by atoms with E-state index in [1.807, 2.05) is 67.6 Å². The summed E-state index contributed by atoms with van der Waals surface area (Å²) in [6.45, 7) is 1.87. The van der Waals surface area contributed by atoms with Crippen LogP contribution in [0.3, 0.4) is 0 Å². The largest absolute Gasteiger partial charge is 0.324 e. The van der Waals surface area contributed by atoms with Crippen LogP contribution >= 0.6 is 0 Å². The van der Waals surface area contributed by atoms with Gasteiger partial charge in [0.2, 0.25) is 17.7 Å². The number of nitrogens with one attached hydrogen (secondary N) is 2. The molecule has 3 aromatic rings. The molecule has 3 amide bonds. The van der Waals surface area contributed by atoms with Gasteiger partial charge in [0.15, 0.2) is 0 Å². The topological polar surface area (TPSA) is 78.5 Å². The van der Waals surface area contributed by atoms with Crippen molar-refractivity contribution in [1.82, 2.24) is 5.32 Å². The summed E-state index contributed by atoms with van der Waals surface area (Å²) < 4.78 is 0. The number of benzene rings is 3. The van der Waals surface area contributed by atoms with Crippen LogP contribution in [0, 0.1) is 11.8 Å². The summed E-state index contributed by atoms with van der Waals surface area (Å²) in [6.07, 6.45) is 0. The number of para-hydroxylation sites is 1. The molecule has 0 saturated carbocycles. The predicted octanol–water partition coefficient (Wildman–Crippen LogP) is 2.78. The van der Waals surface area contributed by atoms with E-state index in [2.05, 4.69) is 10.6 Å². The summed E-state index contributed by atoms with van der Waals surface area (Å²) in [6, 6.07) is 20.3. The second kappa shape index (κ2) is 5.77. The number of carbonyl (C=O) groups is 3. The Morgan fingerprint density at radius 2 is 1.60 bits per heavy atom. The van der Waals surface area contributed by atoms with E-state index in [4.69, 9.17) is 0 Å². The molecule has 0 aromatic heterocycles. The lowest BCUT2D eigenvalue weighted by Crippen LogP contribution is -2.53. The van der Waals surface area contributed by atoms with Crippen LogP contribution in [0.5, 0.6) is 0 Å². The standard InChI is InChI=1S/C24H19N3O3/c1-13-19-20(24(26-13)16-10-4-5-11-17(16)25-23(24)30)22(29)27(21(19)28)18-12-6-8-14-7-2-3-9-15(14)18/h2-13,19-20,26H,1H3,(H,25,30)/t13-,19+,20+,24-/m0/s1. The summed E-state index contributed by atoms with van der Waals surface area (Å²) in [5.41, 5.74) is 0.765. The van der Waals surface area contributed by atoms with E-state index in [-0.39, 0.29) is 23.8 Å². The third-order valence-corrected chi connectivity index (χ3v) is 6.78. The van der Waals surface area contributed by atoms with Gasteiger partial charge in [0, 0.05) is 22.7 Å². The van der Waals surface area contributed by atoms with E-state index in [1.165, 1.54) is 4.90 Å². The van der Waals surface area contributed by atoms with Crippen LogP contribution in [-0.4, -0.2) is 23.8 Å². The van der Waals surface area contributed by atoms with Crippen LogP contribution in [0.1, 0.15) is 12.5 Å². The Bertz CT molecular complexity index is 1260. The minimum absolute atomic E-state index is 0.254. The second-order valence-electron chi connectivity index (χ2n) is 8.25. The lowest BCUT2D eigenvalue weighted by Gasteiger charge is -2.29. The first kappa shape index (κ1) is 17.4. The molecule has 6 rings (SSSR count). The zero-order valence-electron chi connectivity index (χ0n) is 16.3. The summed E-state index contributed by atoms with van der Waals surface area (Å²) >= 11 is 0. The SMILES string of the molecule is C[C@@H]1N[C@]2(C(=O)Nc3ccccc32)[C@H]2C(=O)N(c3cccc4ccccc34)C(=O)[C@H]12. The number of carbonyl (C=O) groups excluding carboxylic acids is 3. The van der Waals surface area contributed by atoms with E-state index in [1.54, 1.807) is 6.07 Å². The fourth-order valence-corrected chi connectivity index (χ4v) is 5.56. The predicted molar refractivity (Wildman–Crippen MR) is 113 cm³/mol. The molecule has 6 heteroatoms. The lowest BCUT2D eigenvalue weighted by molar-refractivity contribution is -0.130. The molecule has 3 aliphatic rings. The first-order valence-corrected chi connectivity index (χ1v) is 10.1. The van der Waals surface area contributed by atoms with Crippen LogP contribution in [0.2, 0.25) is 0 Å². The average Bonchev–Trinajstić information content (AvgIpc) is 3.32. The van der Waals surface area contributed by atoms with Gasteiger partial charge in [-0.3, -0.25) is 19.7 Å². The van der Waals surface area contributed by atoms with Gasteiger partial charge in [-0.1, -0.05) is 54.6 Å². The van der Waals surface area contributed by atoms with Crippen LogP contribution in [-0.2, 0) is 19.9 Å². The molecular formula is C24H19N3O3. The maximum absolute atomic E-state index is 13.8. The van der Waals surface area contributed by atoms with Crippen molar-refractivity contribution < 1.29 is 14.4 Å². The summed E-state index contributed by atoms with van der Waals surface area (Å²) in [7, 11) is 0. The van der Waals surface area contributed by atoms with E-state index in [0.717, 1.165) is 16.3 Å². The Kier molecular flexibility index (Phi) is 3.34. The number of hydrogen-bond acceptors (Lipinski definition) is 4. The minimum Gasteiger partial charge on any atom is -0.324 e. The normalized spacial score (nSPS) is 29.6. The molecule has 4 atom stereocenters. The first-order valence-electron chi connectivity index (χ1n) is 10.1. The molecule has 148 valence electrons. The fraction of sp³-hybridized carbons (Fsp3) is 0.208. The van der Waals surface area contributed by atoms with Gasteiger partial charge >= 0.3 is 0 Å². The van der Waals surface area contributed by atoms with Gasteiger partial charge < -0.3 is 5.32 Å². The molecule has 3 aromatic carbocycles. The minimum atomic E-state index is -1.23. The number of hydrogen-bond donors (Lipinski definition) is 2.